The largest absolute Gasteiger partial charge is 0.378 e. The van der Waals surface area contributed by atoms with Gasteiger partial charge < -0.3 is 4.74 Å². The Morgan fingerprint density at radius 2 is 2.35 bits per heavy atom. The molecule has 4 nitrogen and oxygen atoms in total. The highest BCUT2D eigenvalue weighted by molar-refractivity contribution is 9.10. The molecule has 0 bridgehead atoms. The minimum absolute atomic E-state index is 0.296. The number of ether oxygens (including phenoxy) is 1. The fourth-order valence-corrected chi connectivity index (χ4v) is 2.49. The lowest BCUT2D eigenvalue weighted by molar-refractivity contribution is 0.0157. The van der Waals surface area contributed by atoms with Gasteiger partial charge >= 0.3 is 0 Å². The topological polar surface area (TPSA) is 39.4 Å². The third-order valence-corrected chi connectivity index (χ3v) is 3.49. The van der Waals surface area contributed by atoms with Crippen LogP contribution in [0.3, 0.4) is 0 Å². The molecule has 1 aliphatic heterocycles. The predicted octanol–water partition coefficient (Wildman–Crippen LogP) is 2.60. The standard InChI is InChI=1S/C12H14BrN3O/c13-9-4-5-12-14-11(15-16(12)8-9)7-10-3-1-2-6-17-10/h4-5,8,10H,1-3,6-7H2. The number of nitrogens with zero attached hydrogens (tertiary/aromatic N) is 3. The van der Waals surface area contributed by atoms with E-state index in [9.17, 15) is 0 Å². The van der Waals surface area contributed by atoms with Crippen molar-refractivity contribution in [2.75, 3.05) is 6.61 Å². The molecule has 0 N–H and O–H groups in total. The summed E-state index contributed by atoms with van der Waals surface area (Å²) in [7, 11) is 0. The van der Waals surface area contributed by atoms with E-state index in [1.54, 1.807) is 0 Å². The Balaban J connectivity index is 1.80. The van der Waals surface area contributed by atoms with Gasteiger partial charge in [-0.3, -0.25) is 0 Å². The average Bonchev–Trinajstić information content (AvgIpc) is 2.71. The average molecular weight is 296 g/mol. The molecule has 0 amide bonds. The third-order valence-electron chi connectivity index (χ3n) is 3.02. The fraction of sp³-hybridized carbons (Fsp3) is 0.500. The van der Waals surface area contributed by atoms with Crippen molar-refractivity contribution in [1.29, 1.82) is 0 Å². The van der Waals surface area contributed by atoms with Crippen LogP contribution in [0.1, 0.15) is 25.1 Å². The molecule has 3 heterocycles. The number of halogens is 1. The van der Waals surface area contributed by atoms with Gasteiger partial charge in [0.2, 0.25) is 0 Å². The third kappa shape index (κ3) is 2.50. The molecule has 0 aromatic carbocycles. The van der Waals surface area contributed by atoms with Gasteiger partial charge in [-0.25, -0.2) is 9.50 Å². The van der Waals surface area contributed by atoms with Crippen LogP contribution in [-0.2, 0) is 11.2 Å². The van der Waals surface area contributed by atoms with Crippen molar-refractivity contribution < 1.29 is 4.74 Å². The van der Waals surface area contributed by atoms with E-state index in [2.05, 4.69) is 26.0 Å². The molecule has 1 unspecified atom stereocenters. The summed E-state index contributed by atoms with van der Waals surface area (Å²) in [5.41, 5.74) is 0.888. The zero-order valence-electron chi connectivity index (χ0n) is 9.47. The Kier molecular flexibility index (Phi) is 3.11. The summed E-state index contributed by atoms with van der Waals surface area (Å²) in [6.45, 7) is 0.879. The Bertz CT molecular complexity index is 519. The molecule has 2 aromatic heterocycles. The van der Waals surface area contributed by atoms with Crippen LogP contribution in [-0.4, -0.2) is 27.3 Å². The van der Waals surface area contributed by atoms with Crippen molar-refractivity contribution in [3.05, 3.63) is 28.6 Å². The van der Waals surface area contributed by atoms with E-state index in [-0.39, 0.29) is 0 Å². The molecule has 1 atom stereocenters. The molecule has 17 heavy (non-hydrogen) atoms. The van der Waals surface area contributed by atoms with Gasteiger partial charge in [0.1, 0.15) is 0 Å². The summed E-state index contributed by atoms with van der Waals surface area (Å²) >= 11 is 3.43. The highest BCUT2D eigenvalue weighted by Crippen LogP contribution is 2.17. The van der Waals surface area contributed by atoms with E-state index in [0.717, 1.165) is 35.4 Å². The monoisotopic (exact) mass is 295 g/mol. The van der Waals surface area contributed by atoms with Crippen LogP contribution < -0.4 is 0 Å². The molecule has 0 radical (unpaired) electrons. The molecule has 5 heteroatoms. The first-order valence-corrected chi connectivity index (χ1v) is 6.73. The summed E-state index contributed by atoms with van der Waals surface area (Å²) < 4.78 is 8.52. The minimum Gasteiger partial charge on any atom is -0.378 e. The molecule has 1 saturated heterocycles. The van der Waals surface area contributed by atoms with Gasteiger partial charge in [0.15, 0.2) is 11.5 Å². The lowest BCUT2D eigenvalue weighted by atomic mass is 10.1. The van der Waals surface area contributed by atoms with E-state index >= 15 is 0 Å². The summed E-state index contributed by atoms with van der Waals surface area (Å²) in [5, 5.41) is 4.46. The first-order chi connectivity index (χ1) is 8.31. The van der Waals surface area contributed by atoms with Gasteiger partial charge in [-0.1, -0.05) is 0 Å². The van der Waals surface area contributed by atoms with Gasteiger partial charge in [-0.2, -0.15) is 5.10 Å². The number of aromatic nitrogens is 3. The maximum Gasteiger partial charge on any atom is 0.155 e. The van der Waals surface area contributed by atoms with Crippen LogP contribution in [0.15, 0.2) is 22.8 Å². The van der Waals surface area contributed by atoms with Crippen LogP contribution in [0.5, 0.6) is 0 Å². The van der Waals surface area contributed by atoms with Gasteiger partial charge in [0.25, 0.3) is 0 Å². The second-order valence-electron chi connectivity index (χ2n) is 4.37. The lowest BCUT2D eigenvalue weighted by Crippen LogP contribution is -2.21. The Labute approximate surface area is 108 Å². The Morgan fingerprint density at radius 1 is 1.41 bits per heavy atom. The normalized spacial score (nSPS) is 20.9. The van der Waals surface area contributed by atoms with E-state index in [1.807, 2.05) is 22.8 Å². The van der Waals surface area contributed by atoms with Crippen molar-refractivity contribution in [3.8, 4) is 0 Å². The van der Waals surface area contributed by atoms with Crippen molar-refractivity contribution in [1.82, 2.24) is 14.6 Å². The number of pyridine rings is 1. The molecule has 1 fully saturated rings. The maximum absolute atomic E-state index is 5.70. The number of hydrogen-bond donors (Lipinski definition) is 0. The summed E-state index contributed by atoms with van der Waals surface area (Å²) in [5.74, 6) is 0.870. The van der Waals surface area contributed by atoms with Crippen LogP contribution >= 0.6 is 15.9 Å². The van der Waals surface area contributed by atoms with E-state index in [0.29, 0.717) is 6.10 Å². The van der Waals surface area contributed by atoms with Crippen LogP contribution in [0.2, 0.25) is 0 Å². The molecular weight excluding hydrogens is 282 g/mol. The van der Waals surface area contributed by atoms with Crippen molar-refractivity contribution in [2.24, 2.45) is 0 Å². The highest BCUT2D eigenvalue weighted by Gasteiger charge is 2.16. The van der Waals surface area contributed by atoms with Gasteiger partial charge in [-0.05, 0) is 47.3 Å². The summed E-state index contributed by atoms with van der Waals surface area (Å²) in [6, 6.07) is 3.94. The summed E-state index contributed by atoms with van der Waals surface area (Å²) in [4.78, 5) is 4.50. The predicted molar refractivity (Wildman–Crippen MR) is 68.0 cm³/mol. The molecule has 90 valence electrons. The maximum atomic E-state index is 5.70. The summed E-state index contributed by atoms with van der Waals surface area (Å²) in [6.07, 6.45) is 6.60. The second kappa shape index (κ2) is 4.74. The van der Waals surface area contributed by atoms with E-state index in [4.69, 9.17) is 4.74 Å². The van der Waals surface area contributed by atoms with Crippen molar-refractivity contribution >= 4 is 21.6 Å². The zero-order chi connectivity index (χ0) is 11.7. The Morgan fingerprint density at radius 3 is 3.18 bits per heavy atom. The fourth-order valence-electron chi connectivity index (χ4n) is 2.16. The molecule has 1 aliphatic rings. The second-order valence-corrected chi connectivity index (χ2v) is 5.29. The van der Waals surface area contributed by atoms with E-state index < -0.39 is 0 Å². The minimum atomic E-state index is 0.296. The number of rotatable bonds is 2. The quantitative estimate of drug-likeness (QED) is 0.855. The van der Waals surface area contributed by atoms with Gasteiger partial charge in [0.05, 0.1) is 6.10 Å². The molecule has 3 rings (SSSR count). The smallest absolute Gasteiger partial charge is 0.155 e. The SMILES string of the molecule is Brc1ccc2nc(CC3CCCCO3)nn2c1. The van der Waals surface area contributed by atoms with Crippen LogP contribution in [0.4, 0.5) is 0 Å². The highest BCUT2D eigenvalue weighted by atomic mass is 79.9. The number of fused-ring (bicyclic) bond motifs is 1. The van der Waals surface area contributed by atoms with Crippen molar-refractivity contribution in [3.63, 3.8) is 0 Å². The van der Waals surface area contributed by atoms with Crippen LogP contribution in [0.25, 0.3) is 5.65 Å². The molecular formula is C12H14BrN3O. The molecule has 0 saturated carbocycles. The zero-order valence-corrected chi connectivity index (χ0v) is 11.1. The number of hydrogen-bond acceptors (Lipinski definition) is 3. The molecule has 0 aliphatic carbocycles. The lowest BCUT2D eigenvalue weighted by Gasteiger charge is -2.20. The first-order valence-electron chi connectivity index (χ1n) is 5.94. The molecule has 0 spiro atoms. The van der Waals surface area contributed by atoms with Crippen LogP contribution in [0, 0.1) is 0 Å². The Hall–Kier alpha value is -0.940. The van der Waals surface area contributed by atoms with Crippen molar-refractivity contribution in [2.45, 2.75) is 31.8 Å². The van der Waals surface area contributed by atoms with Gasteiger partial charge in [-0.15, -0.1) is 0 Å². The molecule has 2 aromatic rings. The first kappa shape index (κ1) is 11.2. The van der Waals surface area contributed by atoms with Gasteiger partial charge in [0, 0.05) is 23.7 Å². The van der Waals surface area contributed by atoms with E-state index in [1.165, 1.54) is 12.8 Å².